The molecule has 0 saturated carbocycles. The zero-order chi connectivity index (χ0) is 14.5. The summed E-state index contributed by atoms with van der Waals surface area (Å²) in [6.07, 6.45) is 5.19. The van der Waals surface area contributed by atoms with Crippen LogP contribution in [0, 0.1) is 5.82 Å². The van der Waals surface area contributed by atoms with E-state index >= 15 is 0 Å². The van der Waals surface area contributed by atoms with Crippen LogP contribution in [-0.2, 0) is 13.5 Å². The van der Waals surface area contributed by atoms with Crippen molar-refractivity contribution in [3.05, 3.63) is 52.8 Å². The number of halogens is 2. The third-order valence-corrected chi connectivity index (χ3v) is 3.56. The minimum Gasteiger partial charge on any atom is -0.337 e. The van der Waals surface area contributed by atoms with Gasteiger partial charge in [-0.3, -0.25) is 0 Å². The summed E-state index contributed by atoms with van der Waals surface area (Å²) in [5.41, 5.74) is 0.606. The lowest BCUT2D eigenvalue weighted by Gasteiger charge is -2.19. The molecule has 1 atom stereocenters. The Morgan fingerprint density at radius 2 is 2.25 bits per heavy atom. The molecule has 1 aromatic heterocycles. The fourth-order valence-electron chi connectivity index (χ4n) is 2.21. The SMILES string of the molecule is CCCNC(Cc1cccc(Cl)c1F)c1nccn1C. The van der Waals surface area contributed by atoms with E-state index in [-0.39, 0.29) is 16.9 Å². The van der Waals surface area contributed by atoms with Crippen molar-refractivity contribution in [3.63, 3.8) is 0 Å². The van der Waals surface area contributed by atoms with Crippen molar-refractivity contribution < 1.29 is 4.39 Å². The molecule has 0 bridgehead atoms. The summed E-state index contributed by atoms with van der Waals surface area (Å²) in [5.74, 6) is 0.560. The lowest BCUT2D eigenvalue weighted by Crippen LogP contribution is -2.27. The Morgan fingerprint density at radius 3 is 2.90 bits per heavy atom. The Balaban J connectivity index is 2.24. The molecule has 1 heterocycles. The second-order valence-corrected chi connectivity index (χ2v) is 5.23. The minimum absolute atomic E-state index is 0.0251. The predicted octanol–water partition coefficient (Wildman–Crippen LogP) is 3.50. The van der Waals surface area contributed by atoms with E-state index in [0.29, 0.717) is 12.0 Å². The fraction of sp³-hybridized carbons (Fsp3) is 0.400. The van der Waals surface area contributed by atoms with Gasteiger partial charge >= 0.3 is 0 Å². The van der Waals surface area contributed by atoms with E-state index < -0.39 is 0 Å². The Labute approximate surface area is 123 Å². The van der Waals surface area contributed by atoms with Gasteiger partial charge in [-0.1, -0.05) is 30.7 Å². The molecule has 2 rings (SSSR count). The van der Waals surface area contributed by atoms with E-state index in [2.05, 4.69) is 17.2 Å². The van der Waals surface area contributed by atoms with Gasteiger partial charge in [-0.2, -0.15) is 0 Å². The third-order valence-electron chi connectivity index (χ3n) is 3.27. The number of nitrogens with one attached hydrogen (secondary N) is 1. The normalized spacial score (nSPS) is 12.6. The Morgan fingerprint density at radius 1 is 1.45 bits per heavy atom. The van der Waals surface area contributed by atoms with Gasteiger partial charge in [-0.15, -0.1) is 0 Å². The van der Waals surface area contributed by atoms with Crippen molar-refractivity contribution in [1.82, 2.24) is 14.9 Å². The first-order valence-electron chi connectivity index (χ1n) is 6.77. The maximum absolute atomic E-state index is 14.0. The lowest BCUT2D eigenvalue weighted by atomic mass is 10.0. The fourth-order valence-corrected chi connectivity index (χ4v) is 2.41. The summed E-state index contributed by atoms with van der Waals surface area (Å²) in [6, 6.07) is 5.08. The molecule has 0 amide bonds. The first kappa shape index (κ1) is 15.0. The molecule has 2 aromatic rings. The Bertz CT molecular complexity index is 568. The van der Waals surface area contributed by atoms with Crippen LogP contribution in [0.5, 0.6) is 0 Å². The summed E-state index contributed by atoms with van der Waals surface area (Å²) in [6.45, 7) is 2.96. The van der Waals surface area contributed by atoms with Crippen LogP contribution in [0.4, 0.5) is 4.39 Å². The molecule has 0 spiro atoms. The predicted molar refractivity (Wildman–Crippen MR) is 79.4 cm³/mol. The number of imidazole rings is 1. The number of aromatic nitrogens is 2. The van der Waals surface area contributed by atoms with Gasteiger partial charge in [-0.05, 0) is 31.0 Å². The molecule has 0 aliphatic carbocycles. The van der Waals surface area contributed by atoms with Crippen molar-refractivity contribution in [1.29, 1.82) is 0 Å². The highest BCUT2D eigenvalue weighted by Crippen LogP contribution is 2.23. The number of hydrogen-bond acceptors (Lipinski definition) is 2. The number of aryl methyl sites for hydroxylation is 1. The minimum atomic E-state index is -0.341. The zero-order valence-electron chi connectivity index (χ0n) is 11.7. The molecule has 0 saturated heterocycles. The van der Waals surface area contributed by atoms with Crippen LogP contribution in [0.3, 0.4) is 0 Å². The number of rotatable bonds is 6. The molecule has 5 heteroatoms. The average molecular weight is 296 g/mol. The summed E-state index contributed by atoms with van der Waals surface area (Å²) >= 11 is 5.84. The van der Waals surface area contributed by atoms with Crippen molar-refractivity contribution >= 4 is 11.6 Å². The molecule has 108 valence electrons. The van der Waals surface area contributed by atoms with Crippen LogP contribution in [0.25, 0.3) is 0 Å². The van der Waals surface area contributed by atoms with Gasteiger partial charge in [0.25, 0.3) is 0 Å². The van der Waals surface area contributed by atoms with Gasteiger partial charge in [0.15, 0.2) is 0 Å². The standard InChI is InChI=1S/C15H19ClFN3/c1-3-7-18-13(15-19-8-9-20(15)2)10-11-5-4-6-12(16)14(11)17/h4-6,8-9,13,18H,3,7,10H2,1-2H3. The molecule has 0 aliphatic heterocycles. The smallest absolute Gasteiger partial charge is 0.145 e. The molecule has 1 unspecified atom stereocenters. The zero-order valence-corrected chi connectivity index (χ0v) is 12.5. The van der Waals surface area contributed by atoms with E-state index in [0.717, 1.165) is 18.8 Å². The lowest BCUT2D eigenvalue weighted by molar-refractivity contribution is 0.481. The maximum Gasteiger partial charge on any atom is 0.145 e. The quantitative estimate of drug-likeness (QED) is 0.884. The first-order chi connectivity index (χ1) is 9.63. The van der Waals surface area contributed by atoms with E-state index in [1.807, 2.05) is 17.8 Å². The molecule has 0 radical (unpaired) electrons. The summed E-state index contributed by atoms with van der Waals surface area (Å²) < 4.78 is 16.0. The van der Waals surface area contributed by atoms with Crippen LogP contribution in [0.15, 0.2) is 30.6 Å². The number of nitrogens with zero attached hydrogens (tertiary/aromatic N) is 2. The molecule has 0 aliphatic rings. The Kier molecular flexibility index (Phi) is 5.15. The summed E-state index contributed by atoms with van der Waals surface area (Å²) in [4.78, 5) is 4.36. The molecular weight excluding hydrogens is 277 g/mol. The molecule has 3 nitrogen and oxygen atoms in total. The van der Waals surface area contributed by atoms with Crippen LogP contribution in [-0.4, -0.2) is 16.1 Å². The summed E-state index contributed by atoms with van der Waals surface area (Å²) in [7, 11) is 1.94. The van der Waals surface area contributed by atoms with E-state index in [9.17, 15) is 4.39 Å². The highest BCUT2D eigenvalue weighted by Gasteiger charge is 2.18. The van der Waals surface area contributed by atoms with Gasteiger partial charge in [0.2, 0.25) is 0 Å². The molecule has 1 N–H and O–H groups in total. The Hall–Kier alpha value is -1.39. The topological polar surface area (TPSA) is 29.9 Å². The summed E-state index contributed by atoms with van der Waals surface area (Å²) in [5, 5.41) is 3.58. The van der Waals surface area contributed by atoms with Gasteiger partial charge in [-0.25, -0.2) is 9.37 Å². The second kappa shape index (κ2) is 6.86. The molecule has 1 aromatic carbocycles. The molecular formula is C15H19ClFN3. The van der Waals surface area contributed by atoms with Gasteiger partial charge in [0.1, 0.15) is 11.6 Å². The first-order valence-corrected chi connectivity index (χ1v) is 7.14. The second-order valence-electron chi connectivity index (χ2n) is 4.82. The third kappa shape index (κ3) is 3.38. The van der Waals surface area contributed by atoms with Crippen LogP contribution >= 0.6 is 11.6 Å². The van der Waals surface area contributed by atoms with Gasteiger partial charge in [0.05, 0.1) is 11.1 Å². The van der Waals surface area contributed by atoms with Crippen molar-refractivity contribution in [2.24, 2.45) is 7.05 Å². The highest BCUT2D eigenvalue weighted by molar-refractivity contribution is 6.30. The van der Waals surface area contributed by atoms with Crippen molar-refractivity contribution in [2.75, 3.05) is 6.54 Å². The number of benzene rings is 1. The van der Waals surface area contributed by atoms with Crippen LogP contribution < -0.4 is 5.32 Å². The van der Waals surface area contributed by atoms with E-state index in [1.54, 1.807) is 24.4 Å². The average Bonchev–Trinajstić information content (AvgIpc) is 2.85. The van der Waals surface area contributed by atoms with Crippen LogP contribution in [0.1, 0.15) is 30.8 Å². The van der Waals surface area contributed by atoms with Crippen molar-refractivity contribution in [3.8, 4) is 0 Å². The number of hydrogen-bond donors (Lipinski definition) is 1. The van der Waals surface area contributed by atoms with E-state index in [1.165, 1.54) is 0 Å². The van der Waals surface area contributed by atoms with E-state index in [4.69, 9.17) is 11.6 Å². The largest absolute Gasteiger partial charge is 0.337 e. The van der Waals surface area contributed by atoms with Gasteiger partial charge < -0.3 is 9.88 Å². The van der Waals surface area contributed by atoms with Crippen molar-refractivity contribution in [2.45, 2.75) is 25.8 Å². The van der Waals surface area contributed by atoms with Crippen LogP contribution in [0.2, 0.25) is 5.02 Å². The monoisotopic (exact) mass is 295 g/mol. The van der Waals surface area contributed by atoms with Gasteiger partial charge in [0, 0.05) is 19.4 Å². The highest BCUT2D eigenvalue weighted by atomic mass is 35.5. The molecule has 0 fully saturated rings. The molecule has 20 heavy (non-hydrogen) atoms. The maximum atomic E-state index is 14.0.